The molecule has 0 radical (unpaired) electrons. The fourth-order valence-electron chi connectivity index (χ4n) is 2.79. The van der Waals surface area contributed by atoms with Gasteiger partial charge in [-0.05, 0) is 42.9 Å². The number of aryl methyl sites for hydroxylation is 1. The zero-order chi connectivity index (χ0) is 18.2. The molecular weight excluding hydrogens is 308 g/mol. The molecule has 0 unspecified atom stereocenters. The molecule has 0 spiro atoms. The number of amides is 2. The van der Waals surface area contributed by atoms with E-state index in [1.807, 2.05) is 13.0 Å². The predicted molar refractivity (Wildman–Crippen MR) is 92.1 cm³/mol. The summed E-state index contributed by atoms with van der Waals surface area (Å²) in [6.45, 7) is 8.12. The van der Waals surface area contributed by atoms with E-state index >= 15 is 0 Å². The summed E-state index contributed by atoms with van der Waals surface area (Å²) in [5.41, 5.74) is 6.34. The van der Waals surface area contributed by atoms with Gasteiger partial charge in [0.25, 0.3) is 0 Å². The van der Waals surface area contributed by atoms with Gasteiger partial charge in [0, 0.05) is 6.20 Å². The molecule has 0 fully saturated rings. The average molecular weight is 336 g/mol. The summed E-state index contributed by atoms with van der Waals surface area (Å²) in [5, 5.41) is 9.99. The molecule has 1 rings (SSSR count). The number of hydrazine groups is 1. The Morgan fingerprint density at radius 2 is 2.21 bits per heavy atom. The minimum Gasteiger partial charge on any atom is -0.286 e. The van der Waals surface area contributed by atoms with Gasteiger partial charge in [-0.3, -0.25) is 25.6 Å². The highest BCUT2D eigenvalue weighted by atomic mass is 16.5. The molecule has 0 saturated carbocycles. The van der Waals surface area contributed by atoms with Gasteiger partial charge in [0.2, 0.25) is 12.3 Å². The molecule has 24 heavy (non-hydrogen) atoms. The van der Waals surface area contributed by atoms with E-state index in [2.05, 4.69) is 36.6 Å². The van der Waals surface area contributed by atoms with Crippen molar-refractivity contribution in [1.82, 2.24) is 15.5 Å². The highest BCUT2D eigenvalue weighted by molar-refractivity contribution is 5.80. The highest BCUT2D eigenvalue weighted by Gasteiger charge is 2.29. The van der Waals surface area contributed by atoms with Crippen molar-refractivity contribution >= 4 is 18.1 Å². The van der Waals surface area contributed by atoms with Gasteiger partial charge in [0.05, 0.1) is 12.5 Å². The van der Waals surface area contributed by atoms with Crippen molar-refractivity contribution in [2.24, 2.45) is 11.3 Å². The van der Waals surface area contributed by atoms with Gasteiger partial charge < -0.3 is 0 Å². The number of hydrogen-bond acceptors (Lipinski definition) is 5. The Labute approximate surface area is 143 Å². The third-order valence-corrected chi connectivity index (χ3v) is 3.85. The molecule has 7 heteroatoms. The Hall–Kier alpha value is -2.15. The number of rotatable bonds is 10. The van der Waals surface area contributed by atoms with Gasteiger partial charge in [-0.25, -0.2) is 10.0 Å². The molecule has 1 heterocycles. The van der Waals surface area contributed by atoms with Gasteiger partial charge >= 0.3 is 0 Å². The molecule has 134 valence electrons. The third kappa shape index (κ3) is 6.95. The van der Waals surface area contributed by atoms with Gasteiger partial charge in [-0.2, -0.15) is 0 Å². The number of pyridine rings is 1. The van der Waals surface area contributed by atoms with E-state index in [1.54, 1.807) is 12.3 Å². The van der Waals surface area contributed by atoms with Crippen LogP contribution < -0.4 is 10.9 Å². The van der Waals surface area contributed by atoms with Crippen LogP contribution in [0, 0.1) is 18.3 Å². The lowest BCUT2D eigenvalue weighted by Gasteiger charge is -2.30. The molecular formula is C17H28N4O3. The van der Waals surface area contributed by atoms with Crippen molar-refractivity contribution in [3.8, 4) is 0 Å². The van der Waals surface area contributed by atoms with Gasteiger partial charge in [0.1, 0.15) is 5.82 Å². The Morgan fingerprint density at radius 1 is 1.50 bits per heavy atom. The summed E-state index contributed by atoms with van der Waals surface area (Å²) in [7, 11) is 0. The summed E-state index contributed by atoms with van der Waals surface area (Å²) < 4.78 is 0. The normalized spacial score (nSPS) is 12.4. The molecule has 1 aromatic heterocycles. The first-order valence-corrected chi connectivity index (χ1v) is 8.16. The van der Waals surface area contributed by atoms with Crippen molar-refractivity contribution in [1.29, 1.82) is 0 Å². The Kier molecular flexibility index (Phi) is 7.64. The first-order valence-electron chi connectivity index (χ1n) is 8.16. The predicted octanol–water partition coefficient (Wildman–Crippen LogP) is 2.51. The molecule has 1 atom stereocenters. The number of carbonyl (C=O) groups is 2. The number of hydrogen-bond donors (Lipinski definition) is 3. The van der Waals surface area contributed by atoms with Crippen molar-refractivity contribution in [2.75, 3.05) is 12.0 Å². The SMILES string of the molecule is CCCC(C)(C)C[C@H](CN(O)C=O)C(=O)NNc1cc(C)ccn1. The zero-order valence-electron chi connectivity index (χ0n) is 14.9. The second kappa shape index (κ2) is 9.22. The fourth-order valence-corrected chi connectivity index (χ4v) is 2.79. The number of nitrogens with zero attached hydrogens (tertiary/aromatic N) is 2. The van der Waals surface area contributed by atoms with E-state index < -0.39 is 5.92 Å². The van der Waals surface area contributed by atoms with Crippen molar-refractivity contribution in [3.05, 3.63) is 23.9 Å². The number of anilines is 1. The summed E-state index contributed by atoms with van der Waals surface area (Å²) in [6.07, 6.45) is 4.47. The topological polar surface area (TPSA) is 94.6 Å². The van der Waals surface area contributed by atoms with Crippen LogP contribution in [0.2, 0.25) is 0 Å². The van der Waals surface area contributed by atoms with Gasteiger partial charge in [-0.1, -0.05) is 27.2 Å². The van der Waals surface area contributed by atoms with Gasteiger partial charge in [0.15, 0.2) is 0 Å². The first kappa shape index (κ1) is 19.9. The zero-order valence-corrected chi connectivity index (χ0v) is 14.9. The number of nitrogens with one attached hydrogen (secondary N) is 2. The molecule has 0 aliphatic rings. The Morgan fingerprint density at radius 3 is 2.79 bits per heavy atom. The van der Waals surface area contributed by atoms with Crippen molar-refractivity contribution in [2.45, 2.75) is 47.0 Å². The first-order chi connectivity index (χ1) is 11.3. The Balaban J connectivity index is 2.73. The maximum atomic E-state index is 12.5. The highest BCUT2D eigenvalue weighted by Crippen LogP contribution is 2.31. The average Bonchev–Trinajstić information content (AvgIpc) is 2.51. The quantitative estimate of drug-likeness (QED) is 0.347. The standard InChI is InChI=1S/C17H28N4O3/c1-5-7-17(3,4)10-14(11-21(24)12-22)16(23)20-19-15-9-13(2)6-8-18-15/h6,8-9,12,14,24H,5,7,10-11H2,1-4H3,(H,18,19)(H,20,23)/t14-/m1/s1. The summed E-state index contributed by atoms with van der Waals surface area (Å²) in [4.78, 5) is 27.3. The molecule has 2 amide bonds. The molecule has 1 aromatic rings. The smallest absolute Gasteiger partial charge is 0.243 e. The fraction of sp³-hybridized carbons (Fsp3) is 0.588. The molecule has 0 bridgehead atoms. The van der Waals surface area contributed by atoms with Crippen LogP contribution in [-0.2, 0) is 9.59 Å². The Bertz CT molecular complexity index is 548. The van der Waals surface area contributed by atoms with Crippen molar-refractivity contribution in [3.63, 3.8) is 0 Å². The van der Waals surface area contributed by atoms with Gasteiger partial charge in [-0.15, -0.1) is 0 Å². The van der Waals surface area contributed by atoms with Crippen molar-refractivity contribution < 1.29 is 14.8 Å². The lowest BCUT2D eigenvalue weighted by molar-refractivity contribution is -0.155. The second-order valence-electron chi connectivity index (χ2n) is 6.88. The molecule has 0 aromatic carbocycles. The maximum absolute atomic E-state index is 12.5. The van der Waals surface area contributed by atoms with E-state index in [9.17, 15) is 14.8 Å². The van der Waals surface area contributed by atoms with Crippen LogP contribution in [-0.4, -0.2) is 34.1 Å². The largest absolute Gasteiger partial charge is 0.286 e. The van der Waals surface area contributed by atoms with Crippen LogP contribution in [0.25, 0.3) is 0 Å². The van der Waals surface area contributed by atoms with Crippen LogP contribution in [0.5, 0.6) is 0 Å². The molecule has 0 saturated heterocycles. The van der Waals surface area contributed by atoms with Crippen LogP contribution >= 0.6 is 0 Å². The molecule has 3 N–H and O–H groups in total. The van der Waals surface area contributed by atoms with Crippen LogP contribution in [0.15, 0.2) is 18.3 Å². The molecule has 7 nitrogen and oxygen atoms in total. The summed E-state index contributed by atoms with van der Waals surface area (Å²) in [6, 6.07) is 3.66. The number of hydroxylamine groups is 2. The summed E-state index contributed by atoms with van der Waals surface area (Å²) >= 11 is 0. The minimum atomic E-state index is -0.529. The monoisotopic (exact) mass is 336 g/mol. The maximum Gasteiger partial charge on any atom is 0.243 e. The molecule has 0 aliphatic heterocycles. The van der Waals surface area contributed by atoms with Crippen LogP contribution in [0.4, 0.5) is 5.82 Å². The molecule has 0 aliphatic carbocycles. The van der Waals surface area contributed by atoms with Crippen LogP contribution in [0.3, 0.4) is 0 Å². The van der Waals surface area contributed by atoms with E-state index in [1.165, 1.54) is 0 Å². The van der Waals surface area contributed by atoms with Crippen LogP contribution in [0.1, 0.15) is 45.6 Å². The summed E-state index contributed by atoms with van der Waals surface area (Å²) in [5.74, 6) is -0.284. The number of carbonyl (C=O) groups excluding carboxylic acids is 2. The van der Waals surface area contributed by atoms with E-state index in [0.29, 0.717) is 23.7 Å². The third-order valence-electron chi connectivity index (χ3n) is 3.85. The van der Waals surface area contributed by atoms with E-state index in [-0.39, 0.29) is 17.9 Å². The van der Waals surface area contributed by atoms with E-state index in [0.717, 1.165) is 18.4 Å². The number of aromatic nitrogens is 1. The lowest BCUT2D eigenvalue weighted by atomic mass is 9.79. The second-order valence-corrected chi connectivity index (χ2v) is 6.88. The van der Waals surface area contributed by atoms with E-state index in [4.69, 9.17) is 0 Å². The minimum absolute atomic E-state index is 0.0502. The lowest BCUT2D eigenvalue weighted by Crippen LogP contribution is -2.42.